The van der Waals surface area contributed by atoms with E-state index in [0.717, 1.165) is 29.1 Å². The first-order chi connectivity index (χ1) is 13.0. The summed E-state index contributed by atoms with van der Waals surface area (Å²) in [6.07, 6.45) is 0.840. The highest BCUT2D eigenvalue weighted by Gasteiger charge is 2.28. The molecule has 1 saturated heterocycles. The maximum atomic E-state index is 12.9. The number of hydrogen-bond acceptors (Lipinski definition) is 4. The smallest absolute Gasteiger partial charge is 0.244 e. The molecule has 0 unspecified atom stereocenters. The van der Waals surface area contributed by atoms with E-state index in [4.69, 9.17) is 27.9 Å². The topological polar surface area (TPSA) is 58.6 Å². The second kappa shape index (κ2) is 9.37. The maximum absolute atomic E-state index is 12.9. The Morgan fingerprint density at radius 1 is 1.04 bits per heavy atom. The summed E-state index contributed by atoms with van der Waals surface area (Å²) in [6, 6.07) is 12.9. The van der Waals surface area contributed by atoms with Crippen LogP contribution in [0.25, 0.3) is 0 Å². The number of hydrogen-bond donors (Lipinski definition) is 1. The van der Waals surface area contributed by atoms with Gasteiger partial charge in [-0.25, -0.2) is 8.42 Å². The molecule has 1 heterocycles. The lowest BCUT2D eigenvalue weighted by atomic mass is 10.1. The van der Waals surface area contributed by atoms with Crippen LogP contribution in [-0.4, -0.2) is 45.6 Å². The van der Waals surface area contributed by atoms with Crippen molar-refractivity contribution in [2.45, 2.75) is 17.9 Å². The van der Waals surface area contributed by atoms with Gasteiger partial charge in [-0.15, -0.1) is 0 Å². The molecule has 1 N–H and O–H groups in total. The lowest BCUT2D eigenvalue weighted by Gasteiger charge is -2.26. The molecule has 0 radical (unpaired) electrons. The maximum Gasteiger partial charge on any atom is 0.244 e. The summed E-state index contributed by atoms with van der Waals surface area (Å²) >= 11 is 12.2. The molecule has 2 aromatic carbocycles. The van der Waals surface area contributed by atoms with Gasteiger partial charge < -0.3 is 10.1 Å². The van der Waals surface area contributed by atoms with E-state index in [1.165, 1.54) is 4.31 Å². The fraction of sp³-hybridized carbons (Fsp3) is 0.368. The van der Waals surface area contributed by atoms with E-state index >= 15 is 0 Å². The second-order valence-corrected chi connectivity index (χ2v) is 9.09. The molecule has 2 aromatic rings. The minimum absolute atomic E-state index is 0.153. The summed E-state index contributed by atoms with van der Waals surface area (Å²) in [7, 11) is -3.61. The number of ether oxygens (including phenoxy) is 1. The third-order valence-corrected chi connectivity index (χ3v) is 7.01. The van der Waals surface area contributed by atoms with Crippen molar-refractivity contribution in [1.82, 2.24) is 9.62 Å². The minimum Gasteiger partial charge on any atom is -0.379 e. The molecule has 0 saturated carbocycles. The molecule has 1 aliphatic rings. The predicted molar refractivity (Wildman–Crippen MR) is 108 cm³/mol. The highest BCUT2D eigenvalue weighted by molar-refractivity contribution is 7.89. The molecule has 8 heteroatoms. The van der Waals surface area contributed by atoms with Crippen molar-refractivity contribution in [2.24, 2.45) is 0 Å². The minimum atomic E-state index is -3.61. The Labute approximate surface area is 170 Å². The van der Waals surface area contributed by atoms with Crippen molar-refractivity contribution in [1.29, 1.82) is 0 Å². The van der Waals surface area contributed by atoms with Crippen LogP contribution >= 0.6 is 23.2 Å². The second-order valence-electron chi connectivity index (χ2n) is 6.34. The first-order valence-electron chi connectivity index (χ1n) is 8.78. The first-order valence-corrected chi connectivity index (χ1v) is 11.0. The van der Waals surface area contributed by atoms with Gasteiger partial charge >= 0.3 is 0 Å². The normalized spacial score (nSPS) is 15.8. The van der Waals surface area contributed by atoms with Crippen LogP contribution in [0.4, 0.5) is 0 Å². The molecule has 3 rings (SSSR count). The van der Waals surface area contributed by atoms with E-state index in [2.05, 4.69) is 5.32 Å². The van der Waals surface area contributed by atoms with Gasteiger partial charge in [0.1, 0.15) is 4.90 Å². The predicted octanol–water partition coefficient (Wildman–Crippen LogP) is 3.35. The monoisotopic (exact) mass is 428 g/mol. The molecule has 0 amide bonds. The average molecular weight is 429 g/mol. The van der Waals surface area contributed by atoms with Crippen LogP contribution in [0, 0.1) is 0 Å². The number of nitrogens with zero attached hydrogens (tertiary/aromatic N) is 1. The molecular weight excluding hydrogens is 407 g/mol. The molecule has 1 aliphatic heterocycles. The van der Waals surface area contributed by atoms with Gasteiger partial charge in [0, 0.05) is 24.7 Å². The van der Waals surface area contributed by atoms with E-state index in [1.807, 2.05) is 30.3 Å². The fourth-order valence-electron chi connectivity index (χ4n) is 2.94. The molecule has 27 heavy (non-hydrogen) atoms. The van der Waals surface area contributed by atoms with Crippen LogP contribution in [0.2, 0.25) is 10.0 Å². The molecule has 146 valence electrons. The van der Waals surface area contributed by atoms with Crippen LogP contribution < -0.4 is 5.32 Å². The van der Waals surface area contributed by atoms with Crippen molar-refractivity contribution in [3.63, 3.8) is 0 Å². The van der Waals surface area contributed by atoms with E-state index in [1.54, 1.807) is 12.1 Å². The third kappa shape index (κ3) is 5.44. The van der Waals surface area contributed by atoms with Crippen LogP contribution in [-0.2, 0) is 27.7 Å². The van der Waals surface area contributed by atoms with Gasteiger partial charge in [-0.1, -0.05) is 41.4 Å². The Hall–Kier alpha value is -1.15. The highest BCUT2D eigenvalue weighted by Crippen LogP contribution is 2.26. The number of halogens is 2. The van der Waals surface area contributed by atoms with Crippen molar-refractivity contribution < 1.29 is 13.2 Å². The number of rotatable bonds is 7. The van der Waals surface area contributed by atoms with Gasteiger partial charge in [-0.05, 0) is 48.4 Å². The van der Waals surface area contributed by atoms with E-state index in [0.29, 0.717) is 32.8 Å². The lowest BCUT2D eigenvalue weighted by molar-refractivity contribution is 0.0730. The fourth-order valence-corrected chi connectivity index (χ4v) is 5.09. The van der Waals surface area contributed by atoms with Gasteiger partial charge in [0.2, 0.25) is 10.0 Å². The van der Waals surface area contributed by atoms with Crippen molar-refractivity contribution in [2.75, 3.05) is 32.8 Å². The Morgan fingerprint density at radius 3 is 2.56 bits per heavy atom. The molecule has 0 atom stereocenters. The largest absolute Gasteiger partial charge is 0.379 e. The number of morpholine rings is 1. The van der Waals surface area contributed by atoms with Crippen LogP contribution in [0.15, 0.2) is 47.4 Å². The summed E-state index contributed by atoms with van der Waals surface area (Å²) in [5.41, 5.74) is 2.03. The Balaban J connectivity index is 1.63. The standard InChI is InChI=1S/C19H22Cl2N2O3S/c20-17-3-1-2-15(12-17)6-7-22-14-16-4-5-18(21)19(13-16)27(24,25)23-8-10-26-11-9-23/h1-5,12-13,22H,6-11,14H2. The van der Waals surface area contributed by atoms with Crippen molar-refractivity contribution in [3.8, 4) is 0 Å². The van der Waals surface area contributed by atoms with Gasteiger partial charge in [-0.2, -0.15) is 4.31 Å². The van der Waals surface area contributed by atoms with E-state index in [-0.39, 0.29) is 9.92 Å². The quantitative estimate of drug-likeness (QED) is 0.686. The van der Waals surface area contributed by atoms with E-state index in [9.17, 15) is 8.42 Å². The summed E-state index contributed by atoms with van der Waals surface area (Å²) in [5, 5.41) is 4.30. The summed E-state index contributed by atoms with van der Waals surface area (Å²) in [5.74, 6) is 0. The Bertz CT molecular complexity index is 884. The summed E-state index contributed by atoms with van der Waals surface area (Å²) in [6.45, 7) is 2.82. The third-order valence-electron chi connectivity index (χ3n) is 4.39. The number of benzene rings is 2. The Kier molecular flexibility index (Phi) is 7.14. The number of nitrogens with one attached hydrogen (secondary N) is 1. The average Bonchev–Trinajstić information content (AvgIpc) is 2.67. The van der Waals surface area contributed by atoms with Crippen molar-refractivity contribution in [3.05, 3.63) is 63.6 Å². The van der Waals surface area contributed by atoms with E-state index < -0.39 is 10.0 Å². The SMILES string of the molecule is O=S(=O)(c1cc(CNCCc2cccc(Cl)c2)ccc1Cl)N1CCOCC1. The lowest BCUT2D eigenvalue weighted by Crippen LogP contribution is -2.40. The summed E-state index contributed by atoms with van der Waals surface area (Å²) in [4.78, 5) is 0.153. The zero-order valence-corrected chi connectivity index (χ0v) is 17.2. The molecule has 0 aliphatic carbocycles. The molecule has 0 bridgehead atoms. The van der Waals surface area contributed by atoms with Crippen LogP contribution in [0.3, 0.4) is 0 Å². The van der Waals surface area contributed by atoms with Crippen molar-refractivity contribution >= 4 is 33.2 Å². The van der Waals surface area contributed by atoms with Crippen LogP contribution in [0.1, 0.15) is 11.1 Å². The molecule has 0 aromatic heterocycles. The number of sulfonamides is 1. The highest BCUT2D eigenvalue weighted by atomic mass is 35.5. The Morgan fingerprint density at radius 2 is 1.81 bits per heavy atom. The van der Waals surface area contributed by atoms with Gasteiger partial charge in [0.15, 0.2) is 0 Å². The first kappa shape index (κ1) is 20.6. The van der Waals surface area contributed by atoms with Gasteiger partial charge in [-0.3, -0.25) is 0 Å². The zero-order chi connectivity index (χ0) is 19.3. The molecule has 5 nitrogen and oxygen atoms in total. The van der Waals surface area contributed by atoms with Crippen LogP contribution in [0.5, 0.6) is 0 Å². The zero-order valence-electron chi connectivity index (χ0n) is 14.8. The molecule has 0 spiro atoms. The molecule has 1 fully saturated rings. The van der Waals surface area contributed by atoms with Gasteiger partial charge in [0.05, 0.1) is 18.2 Å². The van der Waals surface area contributed by atoms with Gasteiger partial charge in [0.25, 0.3) is 0 Å². The molecular formula is C19H22Cl2N2O3S. The summed E-state index contributed by atoms with van der Waals surface area (Å²) < 4.78 is 32.4.